The van der Waals surface area contributed by atoms with Crippen molar-refractivity contribution in [2.24, 2.45) is 11.1 Å². The van der Waals surface area contributed by atoms with Crippen molar-refractivity contribution in [3.8, 4) is 0 Å². The predicted molar refractivity (Wildman–Crippen MR) is 71.2 cm³/mol. The van der Waals surface area contributed by atoms with Crippen LogP contribution in [0.1, 0.15) is 31.1 Å². The van der Waals surface area contributed by atoms with Gasteiger partial charge in [-0.2, -0.15) is 0 Å². The zero-order valence-electron chi connectivity index (χ0n) is 10.5. The lowest BCUT2D eigenvalue weighted by Gasteiger charge is -2.30. The van der Waals surface area contributed by atoms with Gasteiger partial charge in [0.05, 0.1) is 0 Å². The number of rotatable bonds is 3. The number of benzene rings is 1. The van der Waals surface area contributed by atoms with Crippen LogP contribution in [0.2, 0.25) is 5.02 Å². The van der Waals surface area contributed by atoms with E-state index >= 15 is 0 Å². The molecule has 0 bridgehead atoms. The van der Waals surface area contributed by atoms with Crippen molar-refractivity contribution in [3.05, 3.63) is 34.9 Å². The van der Waals surface area contributed by atoms with Gasteiger partial charge in [0.2, 0.25) is 0 Å². The fourth-order valence-corrected chi connectivity index (χ4v) is 1.60. The summed E-state index contributed by atoms with van der Waals surface area (Å²) < 4.78 is 0. The van der Waals surface area contributed by atoms with Gasteiger partial charge >= 0.3 is 0 Å². The van der Waals surface area contributed by atoms with E-state index in [4.69, 9.17) is 17.3 Å². The summed E-state index contributed by atoms with van der Waals surface area (Å²) in [5, 5.41) is 3.55. The van der Waals surface area contributed by atoms with Crippen LogP contribution >= 0.6 is 11.6 Å². The Bertz CT molecular complexity index is 381. The summed E-state index contributed by atoms with van der Waals surface area (Å²) in [6.45, 7) is 6.56. The fourth-order valence-electron chi connectivity index (χ4n) is 1.47. The Balaban J connectivity index is 2.75. The molecule has 0 aliphatic heterocycles. The van der Waals surface area contributed by atoms with Gasteiger partial charge in [-0.15, -0.1) is 0 Å². The third-order valence-corrected chi connectivity index (χ3v) is 2.94. The van der Waals surface area contributed by atoms with E-state index in [1.165, 1.54) is 0 Å². The van der Waals surface area contributed by atoms with Gasteiger partial charge in [0, 0.05) is 23.2 Å². The van der Waals surface area contributed by atoms with Crippen LogP contribution in [0.15, 0.2) is 24.3 Å². The molecular formula is C13H19ClN2O. The molecule has 1 aromatic rings. The number of hydrogen-bond donors (Lipinski definition) is 2. The van der Waals surface area contributed by atoms with Gasteiger partial charge in [-0.3, -0.25) is 4.79 Å². The molecule has 0 fully saturated rings. The van der Waals surface area contributed by atoms with Crippen LogP contribution in [-0.4, -0.2) is 18.5 Å². The third kappa shape index (κ3) is 4.02. The highest BCUT2D eigenvalue weighted by atomic mass is 35.5. The number of amides is 1. The second-order valence-corrected chi connectivity index (χ2v) is 5.57. The zero-order chi connectivity index (χ0) is 13.1. The molecule has 3 N–H and O–H groups in total. The first-order chi connectivity index (χ1) is 7.84. The van der Waals surface area contributed by atoms with Gasteiger partial charge in [-0.1, -0.05) is 32.4 Å². The molecule has 17 heavy (non-hydrogen) atoms. The molecule has 0 saturated carbocycles. The van der Waals surface area contributed by atoms with E-state index in [-0.39, 0.29) is 17.4 Å². The van der Waals surface area contributed by atoms with Crippen molar-refractivity contribution in [1.82, 2.24) is 5.32 Å². The van der Waals surface area contributed by atoms with Crippen LogP contribution in [-0.2, 0) is 0 Å². The minimum Gasteiger partial charge on any atom is -0.348 e. The van der Waals surface area contributed by atoms with E-state index in [0.717, 1.165) is 0 Å². The number of carbonyl (C=O) groups excluding carboxylic acids is 1. The maximum absolute atomic E-state index is 12.0. The molecule has 1 aromatic carbocycles. The van der Waals surface area contributed by atoms with Crippen molar-refractivity contribution in [2.45, 2.75) is 26.8 Å². The van der Waals surface area contributed by atoms with Crippen molar-refractivity contribution in [1.29, 1.82) is 0 Å². The maximum Gasteiger partial charge on any atom is 0.251 e. The lowest BCUT2D eigenvalue weighted by Crippen LogP contribution is -2.48. The van der Waals surface area contributed by atoms with Crippen LogP contribution in [0.5, 0.6) is 0 Å². The molecule has 0 aliphatic carbocycles. The van der Waals surface area contributed by atoms with Crippen LogP contribution in [0.3, 0.4) is 0 Å². The Morgan fingerprint density at radius 1 is 1.35 bits per heavy atom. The lowest BCUT2D eigenvalue weighted by molar-refractivity contribution is 0.0905. The zero-order valence-corrected chi connectivity index (χ0v) is 11.2. The Morgan fingerprint density at radius 3 is 2.29 bits per heavy atom. The van der Waals surface area contributed by atoms with Crippen molar-refractivity contribution in [2.75, 3.05) is 6.54 Å². The van der Waals surface area contributed by atoms with Crippen molar-refractivity contribution >= 4 is 17.5 Å². The summed E-state index contributed by atoms with van der Waals surface area (Å²) in [6, 6.07) is 6.75. The summed E-state index contributed by atoms with van der Waals surface area (Å²) >= 11 is 5.77. The van der Waals surface area contributed by atoms with Crippen molar-refractivity contribution < 1.29 is 4.79 Å². The average Bonchev–Trinajstić information content (AvgIpc) is 2.24. The monoisotopic (exact) mass is 254 g/mol. The quantitative estimate of drug-likeness (QED) is 0.871. The highest BCUT2D eigenvalue weighted by molar-refractivity contribution is 6.30. The van der Waals surface area contributed by atoms with E-state index < -0.39 is 0 Å². The van der Waals surface area contributed by atoms with Crippen LogP contribution in [0, 0.1) is 5.41 Å². The molecular weight excluding hydrogens is 236 g/mol. The van der Waals surface area contributed by atoms with Crippen molar-refractivity contribution in [3.63, 3.8) is 0 Å². The van der Waals surface area contributed by atoms with Crippen LogP contribution < -0.4 is 11.1 Å². The second kappa shape index (κ2) is 5.52. The Morgan fingerprint density at radius 2 is 1.88 bits per heavy atom. The Kier molecular flexibility index (Phi) is 4.54. The van der Waals surface area contributed by atoms with Gasteiger partial charge in [0.25, 0.3) is 5.91 Å². The topological polar surface area (TPSA) is 55.1 Å². The number of halogens is 1. The fraction of sp³-hybridized carbons (Fsp3) is 0.462. The average molecular weight is 255 g/mol. The molecule has 94 valence electrons. The second-order valence-electron chi connectivity index (χ2n) is 5.13. The van der Waals surface area contributed by atoms with E-state index in [1.54, 1.807) is 24.3 Å². The Labute approximate surface area is 107 Å². The smallest absolute Gasteiger partial charge is 0.251 e. The third-order valence-electron chi connectivity index (χ3n) is 2.69. The minimum absolute atomic E-state index is 0.0503. The van der Waals surface area contributed by atoms with E-state index in [9.17, 15) is 4.79 Å². The molecule has 1 amide bonds. The normalized spacial score (nSPS) is 13.2. The molecule has 0 aliphatic rings. The Hall–Kier alpha value is -1.06. The maximum atomic E-state index is 12.0. The molecule has 0 heterocycles. The largest absolute Gasteiger partial charge is 0.348 e. The van der Waals surface area contributed by atoms with Crippen LogP contribution in [0.4, 0.5) is 0 Å². The van der Waals surface area contributed by atoms with Gasteiger partial charge in [-0.05, 0) is 29.7 Å². The van der Waals surface area contributed by atoms with Gasteiger partial charge in [0.1, 0.15) is 0 Å². The standard InChI is InChI=1S/C13H19ClN2O/c1-13(2,3)11(8-15)16-12(17)9-4-6-10(14)7-5-9/h4-7,11H,8,15H2,1-3H3,(H,16,17). The first-order valence-corrected chi connectivity index (χ1v) is 5.99. The summed E-state index contributed by atoms with van der Waals surface area (Å²) in [6.07, 6.45) is 0. The molecule has 1 unspecified atom stereocenters. The number of hydrogen-bond acceptors (Lipinski definition) is 2. The predicted octanol–water partition coefficient (Wildman–Crippen LogP) is 2.44. The molecule has 0 aromatic heterocycles. The summed E-state index contributed by atoms with van der Waals surface area (Å²) in [7, 11) is 0. The summed E-state index contributed by atoms with van der Waals surface area (Å²) in [5.41, 5.74) is 6.21. The number of carbonyl (C=O) groups is 1. The molecule has 0 spiro atoms. The highest BCUT2D eigenvalue weighted by Gasteiger charge is 2.25. The van der Waals surface area contributed by atoms with E-state index in [1.807, 2.05) is 20.8 Å². The lowest BCUT2D eigenvalue weighted by atomic mass is 9.86. The summed E-state index contributed by atoms with van der Waals surface area (Å²) in [4.78, 5) is 12.0. The summed E-state index contributed by atoms with van der Waals surface area (Å²) in [5.74, 6) is -0.118. The van der Waals surface area contributed by atoms with E-state index in [2.05, 4.69) is 5.32 Å². The number of nitrogens with one attached hydrogen (secondary N) is 1. The highest BCUT2D eigenvalue weighted by Crippen LogP contribution is 2.19. The number of nitrogens with two attached hydrogens (primary N) is 1. The molecule has 0 saturated heterocycles. The molecule has 3 nitrogen and oxygen atoms in total. The van der Waals surface area contributed by atoms with Gasteiger partial charge in [-0.25, -0.2) is 0 Å². The minimum atomic E-state index is -0.118. The first-order valence-electron chi connectivity index (χ1n) is 5.61. The molecule has 1 atom stereocenters. The molecule has 4 heteroatoms. The first kappa shape index (κ1) is 14.0. The van der Waals surface area contributed by atoms with Crippen LogP contribution in [0.25, 0.3) is 0 Å². The van der Waals surface area contributed by atoms with Gasteiger partial charge in [0.15, 0.2) is 0 Å². The molecule has 0 radical (unpaired) electrons. The SMILES string of the molecule is CC(C)(C)C(CN)NC(=O)c1ccc(Cl)cc1. The van der Waals surface area contributed by atoms with Gasteiger partial charge < -0.3 is 11.1 Å². The van der Waals surface area contributed by atoms with E-state index in [0.29, 0.717) is 17.1 Å². The molecule has 1 rings (SSSR count).